The predicted octanol–water partition coefficient (Wildman–Crippen LogP) is 3.45. The van der Waals surface area contributed by atoms with Crippen molar-refractivity contribution in [3.8, 4) is 11.3 Å². The minimum atomic E-state index is -3.80. The van der Waals surface area contributed by atoms with Gasteiger partial charge in [-0.2, -0.15) is 0 Å². The van der Waals surface area contributed by atoms with Crippen LogP contribution in [-0.2, 0) is 23.6 Å². The maximum atomic E-state index is 13.1. The van der Waals surface area contributed by atoms with Crippen LogP contribution in [0, 0.1) is 0 Å². The average molecular weight is 493 g/mol. The van der Waals surface area contributed by atoms with Crippen molar-refractivity contribution in [2.75, 3.05) is 5.32 Å². The molecule has 0 radical (unpaired) electrons. The second-order valence-corrected chi connectivity index (χ2v) is 10.3. The zero-order valence-corrected chi connectivity index (χ0v) is 19.7. The molecule has 5 rings (SSSR count). The van der Waals surface area contributed by atoms with Gasteiger partial charge in [-0.3, -0.25) is 9.48 Å². The lowest BCUT2D eigenvalue weighted by atomic mass is 10.1. The molecule has 3 heterocycles. The van der Waals surface area contributed by atoms with E-state index in [-0.39, 0.29) is 10.8 Å². The highest BCUT2D eigenvalue weighted by Gasteiger charge is 2.18. The number of anilines is 1. The second-order valence-electron chi connectivity index (χ2n) is 7.78. The lowest BCUT2D eigenvalue weighted by Gasteiger charge is -2.12. The Kier molecular flexibility index (Phi) is 5.52. The number of rotatable bonds is 6. The lowest BCUT2D eigenvalue weighted by molar-refractivity contribution is 0.101. The Morgan fingerprint density at radius 3 is 2.47 bits per heavy atom. The van der Waals surface area contributed by atoms with Gasteiger partial charge in [-0.1, -0.05) is 29.5 Å². The summed E-state index contributed by atoms with van der Waals surface area (Å²) in [7, 11) is -1.97. The van der Waals surface area contributed by atoms with E-state index in [0.717, 1.165) is 27.0 Å². The van der Waals surface area contributed by atoms with Crippen molar-refractivity contribution >= 4 is 43.2 Å². The van der Waals surface area contributed by atoms with E-state index in [2.05, 4.69) is 15.6 Å². The summed E-state index contributed by atoms with van der Waals surface area (Å²) in [6, 6.07) is 17.6. The highest BCUT2D eigenvalue weighted by molar-refractivity contribution is 7.89. The molecule has 3 N–H and O–H groups in total. The zero-order valence-electron chi connectivity index (χ0n) is 18.0. The zero-order chi connectivity index (χ0) is 23.9. The van der Waals surface area contributed by atoms with E-state index < -0.39 is 10.0 Å². The third kappa shape index (κ3) is 4.36. The van der Waals surface area contributed by atoms with Gasteiger partial charge in [0, 0.05) is 24.8 Å². The van der Waals surface area contributed by atoms with Crippen LogP contribution >= 0.6 is 11.3 Å². The fourth-order valence-electron chi connectivity index (χ4n) is 3.70. The number of nitrogens with zero attached hydrogens (tertiary/aromatic N) is 4. The fourth-order valence-corrected chi connectivity index (χ4v) is 5.04. The summed E-state index contributed by atoms with van der Waals surface area (Å²) in [5.41, 5.74) is 4.74. The van der Waals surface area contributed by atoms with E-state index in [0.29, 0.717) is 17.9 Å². The van der Waals surface area contributed by atoms with Gasteiger partial charge < -0.3 is 9.88 Å². The number of sulfonamides is 1. The quantitative estimate of drug-likeness (QED) is 0.376. The van der Waals surface area contributed by atoms with Crippen molar-refractivity contribution in [2.45, 2.75) is 11.4 Å². The number of aromatic nitrogens is 4. The molecule has 5 aromatic rings. The summed E-state index contributed by atoms with van der Waals surface area (Å²) in [5, 5.41) is 18.1. The van der Waals surface area contributed by atoms with E-state index in [1.165, 1.54) is 24.3 Å². The lowest BCUT2D eigenvalue weighted by Crippen LogP contribution is -2.18. The normalized spacial score (nSPS) is 11.7. The van der Waals surface area contributed by atoms with Crippen LogP contribution in [0.1, 0.15) is 16.1 Å². The van der Waals surface area contributed by atoms with Crippen molar-refractivity contribution in [2.24, 2.45) is 12.2 Å². The van der Waals surface area contributed by atoms with Crippen molar-refractivity contribution in [3.63, 3.8) is 0 Å². The number of thiophene rings is 1. The largest absolute Gasteiger partial charge is 0.331 e. The number of carbonyl (C=O) groups is 1. The summed E-state index contributed by atoms with van der Waals surface area (Å²) in [4.78, 5) is 13.1. The molecule has 0 fully saturated rings. The standard InChI is InChI=1S/C23H20N6O3S2/c1-28-14-19(26-27-28)16-4-2-15(3-5-16)13-29-20-10-11-33-22(20)12-21(29)23(30)25-17-6-8-18(9-7-17)34(24,31)32/h2-12,14H,13H2,1H3,(H,25,30)(H2,24,31,32). The molecule has 172 valence electrons. The first-order valence-electron chi connectivity index (χ1n) is 10.2. The molecule has 0 saturated heterocycles. The highest BCUT2D eigenvalue weighted by Crippen LogP contribution is 2.27. The first-order valence-corrected chi connectivity index (χ1v) is 12.7. The topological polar surface area (TPSA) is 125 Å². The van der Waals surface area contributed by atoms with Crippen LogP contribution in [0.5, 0.6) is 0 Å². The fraction of sp³-hybridized carbons (Fsp3) is 0.0870. The monoisotopic (exact) mass is 492 g/mol. The molecular weight excluding hydrogens is 472 g/mol. The molecule has 0 aliphatic heterocycles. The molecule has 2 aromatic carbocycles. The maximum Gasteiger partial charge on any atom is 0.272 e. The van der Waals surface area contributed by atoms with E-state index in [1.54, 1.807) is 16.0 Å². The Morgan fingerprint density at radius 1 is 1.09 bits per heavy atom. The number of benzene rings is 2. The molecule has 0 atom stereocenters. The first kappa shape index (κ1) is 22.0. The summed E-state index contributed by atoms with van der Waals surface area (Å²) in [5.74, 6) is -0.289. The molecule has 0 bridgehead atoms. The Hall–Kier alpha value is -3.80. The van der Waals surface area contributed by atoms with Gasteiger partial charge in [-0.05, 0) is 47.3 Å². The molecule has 34 heavy (non-hydrogen) atoms. The Morgan fingerprint density at radius 2 is 1.82 bits per heavy atom. The number of fused-ring (bicyclic) bond motifs is 1. The number of primary sulfonamides is 1. The smallest absolute Gasteiger partial charge is 0.272 e. The maximum absolute atomic E-state index is 13.1. The molecule has 0 unspecified atom stereocenters. The van der Waals surface area contributed by atoms with Gasteiger partial charge in [0.05, 0.1) is 21.3 Å². The molecule has 0 saturated carbocycles. The summed E-state index contributed by atoms with van der Waals surface area (Å²) in [6.07, 6.45) is 1.85. The van der Waals surface area contributed by atoms with Crippen LogP contribution in [0.2, 0.25) is 0 Å². The van der Waals surface area contributed by atoms with Gasteiger partial charge in [0.1, 0.15) is 11.4 Å². The number of amides is 1. The van der Waals surface area contributed by atoms with Gasteiger partial charge in [0.15, 0.2) is 0 Å². The van der Waals surface area contributed by atoms with Crippen molar-refractivity contribution in [1.29, 1.82) is 0 Å². The van der Waals surface area contributed by atoms with E-state index in [9.17, 15) is 13.2 Å². The predicted molar refractivity (Wildman–Crippen MR) is 131 cm³/mol. The molecule has 9 nitrogen and oxygen atoms in total. The van der Waals surface area contributed by atoms with Crippen molar-refractivity contribution < 1.29 is 13.2 Å². The first-order chi connectivity index (χ1) is 16.3. The molecule has 1 amide bonds. The highest BCUT2D eigenvalue weighted by atomic mass is 32.2. The van der Waals surface area contributed by atoms with Gasteiger partial charge in [0.2, 0.25) is 10.0 Å². The van der Waals surface area contributed by atoms with E-state index in [1.807, 2.05) is 59.6 Å². The number of carbonyl (C=O) groups excluding carboxylic acids is 1. The van der Waals surface area contributed by atoms with Crippen LogP contribution in [0.25, 0.3) is 21.5 Å². The average Bonchev–Trinajstić information content (AvgIpc) is 3.52. The summed E-state index contributed by atoms with van der Waals surface area (Å²) < 4.78 is 27.5. The van der Waals surface area contributed by atoms with Crippen molar-refractivity contribution in [3.05, 3.63) is 83.5 Å². The van der Waals surface area contributed by atoms with Gasteiger partial charge in [0.25, 0.3) is 5.91 Å². The SMILES string of the molecule is Cn1cc(-c2ccc(Cn3c(C(=O)Nc4ccc(S(N)(=O)=O)cc4)cc4sccc43)cc2)nn1. The van der Waals surface area contributed by atoms with E-state index in [4.69, 9.17) is 5.14 Å². The number of nitrogens with two attached hydrogens (primary N) is 1. The minimum absolute atomic E-state index is 0.0145. The number of nitrogens with one attached hydrogen (secondary N) is 1. The molecule has 0 aliphatic rings. The third-order valence-electron chi connectivity index (χ3n) is 5.39. The van der Waals surface area contributed by atoms with E-state index >= 15 is 0 Å². The minimum Gasteiger partial charge on any atom is -0.331 e. The number of aryl methyl sites for hydroxylation is 1. The Bertz CT molecular complexity index is 1600. The Labute approximate surface area is 199 Å². The van der Waals surface area contributed by atoms with Crippen LogP contribution in [0.15, 0.2) is 77.1 Å². The van der Waals surface area contributed by atoms with Crippen LogP contribution < -0.4 is 10.5 Å². The van der Waals surface area contributed by atoms with Crippen LogP contribution in [0.3, 0.4) is 0 Å². The molecule has 0 aliphatic carbocycles. The van der Waals surface area contributed by atoms with Crippen molar-refractivity contribution in [1.82, 2.24) is 19.6 Å². The number of hydrogen-bond acceptors (Lipinski definition) is 6. The van der Waals surface area contributed by atoms with Gasteiger partial charge >= 0.3 is 0 Å². The third-order valence-corrected chi connectivity index (χ3v) is 7.17. The Balaban J connectivity index is 1.41. The second kappa shape index (κ2) is 8.52. The summed E-state index contributed by atoms with van der Waals surface area (Å²) in [6.45, 7) is 0.508. The van der Waals surface area contributed by atoms with Crippen LogP contribution in [0.4, 0.5) is 5.69 Å². The molecular formula is C23H20N6O3S2. The number of hydrogen-bond donors (Lipinski definition) is 2. The van der Waals surface area contributed by atoms with Gasteiger partial charge in [-0.15, -0.1) is 16.4 Å². The van der Waals surface area contributed by atoms with Gasteiger partial charge in [-0.25, -0.2) is 13.6 Å². The molecule has 11 heteroatoms. The summed E-state index contributed by atoms with van der Waals surface area (Å²) >= 11 is 1.56. The van der Waals surface area contributed by atoms with Crippen LogP contribution in [-0.4, -0.2) is 33.9 Å². The molecule has 3 aromatic heterocycles. The molecule has 0 spiro atoms.